The van der Waals surface area contributed by atoms with Gasteiger partial charge in [0.05, 0.1) is 0 Å². The molecule has 0 bridgehead atoms. The van der Waals surface area contributed by atoms with Gasteiger partial charge in [-0.3, -0.25) is 9.69 Å². The van der Waals surface area contributed by atoms with Gasteiger partial charge >= 0.3 is 0 Å². The third-order valence-corrected chi connectivity index (χ3v) is 5.16. The lowest BCUT2D eigenvalue weighted by molar-refractivity contribution is -0.122. The first kappa shape index (κ1) is 13.1. The highest BCUT2D eigenvalue weighted by Crippen LogP contribution is 2.27. The highest BCUT2D eigenvalue weighted by Gasteiger charge is 2.35. The third kappa shape index (κ3) is 3.18. The fraction of sp³-hybridized carbons (Fsp3) is 0.667. The predicted molar refractivity (Wildman–Crippen MR) is 78.4 cm³/mol. The number of nitrogens with zero attached hydrogens (tertiary/aromatic N) is 1. The van der Waals surface area contributed by atoms with Gasteiger partial charge in [0.15, 0.2) is 0 Å². The average Bonchev–Trinajstić information content (AvgIpc) is 3.07. The molecule has 1 amide bonds. The predicted octanol–water partition coefficient (Wildman–Crippen LogP) is 2.42. The Morgan fingerprint density at radius 2 is 2.32 bits per heavy atom. The molecular weight excluding hydrogens is 256 g/mol. The molecule has 1 aromatic rings. The van der Waals surface area contributed by atoms with Crippen LogP contribution in [0.25, 0.3) is 0 Å². The molecular formula is C15H22N2OS. The molecule has 2 atom stereocenters. The summed E-state index contributed by atoms with van der Waals surface area (Å²) in [5.74, 6) is 0.226. The highest BCUT2D eigenvalue weighted by molar-refractivity contribution is 7.07. The first-order valence-corrected chi connectivity index (χ1v) is 8.32. The number of hydrogen-bond acceptors (Lipinski definition) is 3. The van der Waals surface area contributed by atoms with Gasteiger partial charge in [-0.05, 0) is 54.6 Å². The van der Waals surface area contributed by atoms with Crippen LogP contribution in [0, 0.1) is 0 Å². The number of hydrogen-bond donors (Lipinski definition) is 1. The van der Waals surface area contributed by atoms with Gasteiger partial charge in [0.25, 0.3) is 0 Å². The molecule has 0 spiro atoms. The van der Waals surface area contributed by atoms with E-state index >= 15 is 0 Å². The molecule has 0 saturated carbocycles. The lowest BCUT2D eigenvalue weighted by atomic mass is 9.99. The standard InChI is InChI=1S/C15H22N2OS/c18-15(5-4-12-7-10-19-11-12)16-13-6-9-17-8-2-1-3-14(13)17/h7,10-11,13-14H,1-6,8-9H2,(H,16,18)/t13-,14+/m0/s1. The second-order valence-corrected chi connectivity index (χ2v) is 6.47. The largest absolute Gasteiger partial charge is 0.352 e. The van der Waals surface area contributed by atoms with Gasteiger partial charge in [-0.25, -0.2) is 0 Å². The zero-order valence-corrected chi connectivity index (χ0v) is 12.1. The van der Waals surface area contributed by atoms with Gasteiger partial charge in [-0.2, -0.15) is 11.3 Å². The van der Waals surface area contributed by atoms with Crippen molar-refractivity contribution in [2.45, 2.75) is 50.6 Å². The van der Waals surface area contributed by atoms with Crippen LogP contribution in [0.4, 0.5) is 0 Å². The van der Waals surface area contributed by atoms with E-state index in [1.54, 1.807) is 11.3 Å². The Bertz CT molecular complexity index is 418. The Kier molecular flexibility index (Phi) is 4.18. The van der Waals surface area contributed by atoms with E-state index in [0.29, 0.717) is 18.5 Å². The van der Waals surface area contributed by atoms with Crippen molar-refractivity contribution in [2.75, 3.05) is 13.1 Å². The molecule has 2 fully saturated rings. The van der Waals surface area contributed by atoms with Gasteiger partial charge in [-0.15, -0.1) is 0 Å². The van der Waals surface area contributed by atoms with Crippen LogP contribution in [0.15, 0.2) is 16.8 Å². The van der Waals surface area contributed by atoms with E-state index in [-0.39, 0.29) is 5.91 Å². The van der Waals surface area contributed by atoms with Crippen molar-refractivity contribution in [1.29, 1.82) is 0 Å². The zero-order valence-electron chi connectivity index (χ0n) is 11.3. The lowest BCUT2D eigenvalue weighted by Crippen LogP contribution is -2.46. The molecule has 4 heteroatoms. The van der Waals surface area contributed by atoms with Crippen LogP contribution in [0.1, 0.15) is 37.7 Å². The van der Waals surface area contributed by atoms with E-state index in [9.17, 15) is 4.79 Å². The van der Waals surface area contributed by atoms with Crippen LogP contribution >= 0.6 is 11.3 Å². The molecule has 3 nitrogen and oxygen atoms in total. The summed E-state index contributed by atoms with van der Waals surface area (Å²) in [5, 5.41) is 7.47. The van der Waals surface area contributed by atoms with Crippen molar-refractivity contribution < 1.29 is 4.79 Å². The molecule has 19 heavy (non-hydrogen) atoms. The Balaban J connectivity index is 1.47. The summed E-state index contributed by atoms with van der Waals surface area (Å²) in [4.78, 5) is 14.6. The number of thiophene rings is 1. The molecule has 2 aliphatic heterocycles. The van der Waals surface area contributed by atoms with Crippen molar-refractivity contribution in [2.24, 2.45) is 0 Å². The van der Waals surface area contributed by atoms with E-state index in [0.717, 1.165) is 12.8 Å². The summed E-state index contributed by atoms with van der Waals surface area (Å²) in [6.45, 7) is 2.39. The van der Waals surface area contributed by atoms with Crippen molar-refractivity contribution in [3.8, 4) is 0 Å². The highest BCUT2D eigenvalue weighted by atomic mass is 32.1. The molecule has 0 aromatic carbocycles. The minimum atomic E-state index is 0.226. The van der Waals surface area contributed by atoms with E-state index in [2.05, 4.69) is 27.0 Å². The summed E-state index contributed by atoms with van der Waals surface area (Å²) in [6.07, 6.45) is 6.54. The van der Waals surface area contributed by atoms with Gasteiger partial charge in [0.2, 0.25) is 5.91 Å². The summed E-state index contributed by atoms with van der Waals surface area (Å²) >= 11 is 1.70. The number of amides is 1. The molecule has 0 radical (unpaired) electrons. The monoisotopic (exact) mass is 278 g/mol. The van der Waals surface area contributed by atoms with Gasteiger partial charge in [0, 0.05) is 25.0 Å². The smallest absolute Gasteiger partial charge is 0.220 e. The molecule has 104 valence electrons. The molecule has 2 saturated heterocycles. The van der Waals surface area contributed by atoms with Gasteiger partial charge in [0.1, 0.15) is 0 Å². The second-order valence-electron chi connectivity index (χ2n) is 5.69. The van der Waals surface area contributed by atoms with Crippen LogP contribution in [0.3, 0.4) is 0 Å². The Labute approximate surface area is 119 Å². The van der Waals surface area contributed by atoms with Crippen molar-refractivity contribution >= 4 is 17.2 Å². The molecule has 2 aliphatic rings. The van der Waals surface area contributed by atoms with E-state index in [1.807, 2.05) is 0 Å². The maximum Gasteiger partial charge on any atom is 0.220 e. The normalized spacial score (nSPS) is 27.2. The fourth-order valence-electron chi connectivity index (χ4n) is 3.39. The number of fused-ring (bicyclic) bond motifs is 1. The average molecular weight is 278 g/mol. The van der Waals surface area contributed by atoms with Crippen molar-refractivity contribution in [3.63, 3.8) is 0 Å². The summed E-state index contributed by atoms with van der Waals surface area (Å²) in [6, 6.07) is 3.12. The molecule has 0 aliphatic carbocycles. The van der Waals surface area contributed by atoms with Crippen LogP contribution < -0.4 is 5.32 Å². The number of carbonyl (C=O) groups is 1. The number of carbonyl (C=O) groups excluding carboxylic acids is 1. The molecule has 3 rings (SSSR count). The summed E-state index contributed by atoms with van der Waals surface area (Å²) < 4.78 is 0. The number of nitrogens with one attached hydrogen (secondary N) is 1. The number of rotatable bonds is 4. The quantitative estimate of drug-likeness (QED) is 0.917. The van der Waals surface area contributed by atoms with E-state index < -0.39 is 0 Å². The van der Waals surface area contributed by atoms with E-state index in [1.165, 1.54) is 37.9 Å². The van der Waals surface area contributed by atoms with Crippen LogP contribution in [0.5, 0.6) is 0 Å². The number of aryl methyl sites for hydroxylation is 1. The van der Waals surface area contributed by atoms with Crippen LogP contribution in [-0.2, 0) is 11.2 Å². The van der Waals surface area contributed by atoms with Crippen LogP contribution in [-0.4, -0.2) is 36.0 Å². The maximum absolute atomic E-state index is 12.0. The molecule has 3 heterocycles. The minimum Gasteiger partial charge on any atom is -0.352 e. The topological polar surface area (TPSA) is 32.3 Å². The van der Waals surface area contributed by atoms with Crippen molar-refractivity contribution in [1.82, 2.24) is 10.2 Å². The van der Waals surface area contributed by atoms with E-state index in [4.69, 9.17) is 0 Å². The lowest BCUT2D eigenvalue weighted by Gasteiger charge is -2.32. The number of piperidine rings is 1. The first-order chi connectivity index (χ1) is 9.33. The van der Waals surface area contributed by atoms with Crippen molar-refractivity contribution in [3.05, 3.63) is 22.4 Å². The fourth-order valence-corrected chi connectivity index (χ4v) is 4.09. The minimum absolute atomic E-state index is 0.226. The van der Waals surface area contributed by atoms with Gasteiger partial charge < -0.3 is 5.32 Å². The first-order valence-electron chi connectivity index (χ1n) is 7.37. The Morgan fingerprint density at radius 3 is 3.16 bits per heavy atom. The Hall–Kier alpha value is -0.870. The van der Waals surface area contributed by atoms with Gasteiger partial charge in [-0.1, -0.05) is 6.42 Å². The molecule has 0 unspecified atom stereocenters. The zero-order chi connectivity index (χ0) is 13.1. The molecule has 1 aromatic heterocycles. The van der Waals surface area contributed by atoms with Crippen LogP contribution in [0.2, 0.25) is 0 Å². The third-order valence-electron chi connectivity index (χ3n) is 4.42. The Morgan fingerprint density at radius 1 is 1.37 bits per heavy atom. The SMILES string of the molecule is O=C(CCc1ccsc1)N[C@H]1CCN2CCCC[C@H]12. The molecule has 1 N–H and O–H groups in total. The maximum atomic E-state index is 12.0. The summed E-state index contributed by atoms with van der Waals surface area (Å²) in [7, 11) is 0. The summed E-state index contributed by atoms with van der Waals surface area (Å²) in [5.41, 5.74) is 1.28. The second kappa shape index (κ2) is 6.06.